The molecule has 1 amide bonds. The number of halogens is 2. The van der Waals surface area contributed by atoms with E-state index in [0.717, 1.165) is 18.6 Å². The maximum absolute atomic E-state index is 13.2. The average molecular weight is 366 g/mol. The lowest BCUT2D eigenvalue weighted by Gasteiger charge is -2.28. The third-order valence-electron chi connectivity index (χ3n) is 3.94. The minimum Gasteiger partial charge on any atom is -0.322 e. The number of hydrogen-bond acceptors (Lipinski definition) is 3. The Balaban J connectivity index is 1.74. The summed E-state index contributed by atoms with van der Waals surface area (Å²) in [4.78, 5) is 12.1. The van der Waals surface area contributed by atoms with Crippen molar-refractivity contribution in [3.8, 4) is 0 Å². The Hall–Kier alpha value is -2.48. The van der Waals surface area contributed by atoms with Gasteiger partial charge in [0.15, 0.2) is 11.6 Å². The molecule has 132 valence electrons. The molecular weight excluding hydrogens is 350 g/mol. The van der Waals surface area contributed by atoms with Crippen LogP contribution in [0.25, 0.3) is 0 Å². The van der Waals surface area contributed by atoms with Crippen LogP contribution < -0.4 is 9.62 Å². The summed E-state index contributed by atoms with van der Waals surface area (Å²) in [7, 11) is -3.30. The summed E-state index contributed by atoms with van der Waals surface area (Å²) >= 11 is 0. The number of carbonyl (C=O) groups excluding carboxylic acids is 1. The summed E-state index contributed by atoms with van der Waals surface area (Å²) < 4.78 is 51.6. The van der Waals surface area contributed by atoms with Gasteiger partial charge in [-0.3, -0.25) is 9.10 Å². The predicted molar refractivity (Wildman–Crippen MR) is 91.1 cm³/mol. The molecule has 2 aromatic rings. The van der Waals surface area contributed by atoms with Crippen molar-refractivity contribution in [1.82, 2.24) is 0 Å². The zero-order valence-electron chi connectivity index (χ0n) is 13.2. The zero-order chi connectivity index (χ0) is 18.0. The average Bonchev–Trinajstić information content (AvgIpc) is 2.58. The molecular formula is C17H16F2N2O3S. The van der Waals surface area contributed by atoms with Crippen LogP contribution in [0.1, 0.15) is 23.2 Å². The summed E-state index contributed by atoms with van der Waals surface area (Å²) in [5.41, 5.74) is 0.944. The molecule has 1 saturated heterocycles. The van der Waals surface area contributed by atoms with Crippen LogP contribution in [-0.4, -0.2) is 26.6 Å². The smallest absolute Gasteiger partial charge is 0.255 e. The van der Waals surface area contributed by atoms with Crippen molar-refractivity contribution in [2.45, 2.75) is 12.8 Å². The predicted octanol–water partition coefficient (Wildman–Crippen LogP) is 3.15. The Bertz CT molecular complexity index is 899. The third kappa shape index (κ3) is 3.79. The molecule has 5 nitrogen and oxygen atoms in total. The lowest BCUT2D eigenvalue weighted by atomic mass is 10.2. The van der Waals surface area contributed by atoms with Gasteiger partial charge in [0.25, 0.3) is 5.91 Å². The molecule has 1 fully saturated rings. The van der Waals surface area contributed by atoms with Crippen molar-refractivity contribution >= 4 is 27.3 Å². The minimum absolute atomic E-state index is 0.0124. The Morgan fingerprint density at radius 2 is 1.72 bits per heavy atom. The highest BCUT2D eigenvalue weighted by Crippen LogP contribution is 2.25. The summed E-state index contributed by atoms with van der Waals surface area (Å²) in [6.07, 6.45) is 1.45. The molecule has 1 aliphatic rings. The van der Waals surface area contributed by atoms with Crippen LogP contribution in [0.4, 0.5) is 20.2 Å². The Morgan fingerprint density at radius 1 is 1.00 bits per heavy atom. The number of nitrogens with one attached hydrogen (secondary N) is 1. The van der Waals surface area contributed by atoms with Crippen LogP contribution in [0, 0.1) is 11.6 Å². The van der Waals surface area contributed by atoms with Gasteiger partial charge in [0.2, 0.25) is 10.0 Å². The number of sulfonamides is 1. The summed E-state index contributed by atoms with van der Waals surface area (Å²) in [5, 5.41) is 2.56. The second-order valence-electron chi connectivity index (χ2n) is 5.73. The standard InChI is InChI=1S/C17H16F2N2O3S/c18-15-8-3-12(11-16(15)19)17(22)20-13-4-6-14(7-5-13)21-9-1-2-10-25(21,23)24/h3-8,11H,1-2,9-10H2,(H,20,22). The topological polar surface area (TPSA) is 66.5 Å². The highest BCUT2D eigenvalue weighted by Gasteiger charge is 2.25. The number of hydrogen-bond donors (Lipinski definition) is 1. The Morgan fingerprint density at radius 3 is 2.36 bits per heavy atom. The zero-order valence-corrected chi connectivity index (χ0v) is 14.0. The van der Waals surface area contributed by atoms with Gasteiger partial charge in [0.1, 0.15) is 0 Å². The van der Waals surface area contributed by atoms with Crippen molar-refractivity contribution in [3.63, 3.8) is 0 Å². The van der Waals surface area contributed by atoms with Crippen LogP contribution in [0.3, 0.4) is 0 Å². The van der Waals surface area contributed by atoms with Crippen LogP contribution in [-0.2, 0) is 10.0 Å². The number of rotatable bonds is 3. The third-order valence-corrected chi connectivity index (χ3v) is 5.81. The van der Waals surface area contributed by atoms with E-state index in [1.54, 1.807) is 24.3 Å². The van der Waals surface area contributed by atoms with E-state index in [2.05, 4.69) is 5.32 Å². The van der Waals surface area contributed by atoms with Crippen molar-refractivity contribution in [2.24, 2.45) is 0 Å². The van der Waals surface area contributed by atoms with Gasteiger partial charge in [-0.15, -0.1) is 0 Å². The molecule has 0 bridgehead atoms. The van der Waals surface area contributed by atoms with Gasteiger partial charge >= 0.3 is 0 Å². The first-order valence-corrected chi connectivity index (χ1v) is 9.35. The fourth-order valence-electron chi connectivity index (χ4n) is 2.63. The molecule has 3 rings (SSSR count). The van der Waals surface area contributed by atoms with E-state index in [1.807, 2.05) is 0 Å². The van der Waals surface area contributed by atoms with Crippen LogP contribution in [0.15, 0.2) is 42.5 Å². The van der Waals surface area contributed by atoms with E-state index in [4.69, 9.17) is 0 Å². The van der Waals surface area contributed by atoms with Crippen LogP contribution in [0.2, 0.25) is 0 Å². The van der Waals surface area contributed by atoms with E-state index in [1.165, 1.54) is 10.4 Å². The number of anilines is 2. The molecule has 1 N–H and O–H groups in total. The summed E-state index contributed by atoms with van der Waals surface area (Å²) in [6, 6.07) is 9.22. The molecule has 25 heavy (non-hydrogen) atoms. The highest BCUT2D eigenvalue weighted by atomic mass is 32.2. The Labute approximate surface area is 144 Å². The molecule has 1 heterocycles. The molecule has 0 atom stereocenters. The largest absolute Gasteiger partial charge is 0.322 e. The van der Waals surface area contributed by atoms with Crippen molar-refractivity contribution < 1.29 is 22.0 Å². The highest BCUT2D eigenvalue weighted by molar-refractivity contribution is 7.92. The number of nitrogens with zero attached hydrogens (tertiary/aromatic N) is 1. The van der Waals surface area contributed by atoms with Crippen molar-refractivity contribution in [1.29, 1.82) is 0 Å². The van der Waals surface area contributed by atoms with Gasteiger partial charge in [0.05, 0.1) is 11.4 Å². The first kappa shape index (κ1) is 17.3. The number of benzene rings is 2. The van der Waals surface area contributed by atoms with Gasteiger partial charge in [-0.25, -0.2) is 17.2 Å². The summed E-state index contributed by atoms with van der Waals surface area (Å²) in [6.45, 7) is 0.433. The van der Waals surface area contributed by atoms with Crippen LogP contribution in [0.5, 0.6) is 0 Å². The van der Waals surface area contributed by atoms with Gasteiger partial charge in [-0.1, -0.05) is 0 Å². The monoisotopic (exact) mass is 366 g/mol. The SMILES string of the molecule is O=C(Nc1ccc(N2CCCCS2(=O)=O)cc1)c1ccc(F)c(F)c1. The maximum Gasteiger partial charge on any atom is 0.255 e. The molecule has 0 saturated carbocycles. The lowest BCUT2D eigenvalue weighted by Crippen LogP contribution is -2.37. The quantitative estimate of drug-likeness (QED) is 0.907. The first-order valence-electron chi connectivity index (χ1n) is 7.74. The Kier molecular flexibility index (Phi) is 4.71. The van der Waals surface area contributed by atoms with E-state index < -0.39 is 27.6 Å². The van der Waals surface area contributed by atoms with Crippen molar-refractivity contribution in [3.05, 3.63) is 59.7 Å². The molecule has 0 aromatic heterocycles. The van der Waals surface area contributed by atoms with E-state index >= 15 is 0 Å². The van der Waals surface area contributed by atoms with Crippen molar-refractivity contribution in [2.75, 3.05) is 21.9 Å². The maximum atomic E-state index is 13.2. The second kappa shape index (κ2) is 6.79. The number of carbonyl (C=O) groups is 1. The van der Waals surface area contributed by atoms with Gasteiger partial charge in [-0.2, -0.15) is 0 Å². The molecule has 0 radical (unpaired) electrons. The fraction of sp³-hybridized carbons (Fsp3) is 0.235. The molecule has 8 heteroatoms. The molecule has 0 unspecified atom stereocenters. The van der Waals surface area contributed by atoms with Gasteiger partial charge in [-0.05, 0) is 55.3 Å². The summed E-state index contributed by atoms with van der Waals surface area (Å²) in [5.74, 6) is -2.58. The van der Waals surface area contributed by atoms with Gasteiger partial charge in [0, 0.05) is 17.8 Å². The van der Waals surface area contributed by atoms with Gasteiger partial charge < -0.3 is 5.32 Å². The fourth-order valence-corrected chi connectivity index (χ4v) is 4.27. The van der Waals surface area contributed by atoms with Crippen LogP contribution >= 0.6 is 0 Å². The minimum atomic E-state index is -3.30. The molecule has 0 spiro atoms. The lowest BCUT2D eigenvalue weighted by molar-refractivity contribution is 0.102. The van der Waals surface area contributed by atoms with E-state index in [0.29, 0.717) is 24.3 Å². The van der Waals surface area contributed by atoms with E-state index in [-0.39, 0.29) is 11.3 Å². The first-order chi connectivity index (χ1) is 11.9. The number of amides is 1. The molecule has 0 aliphatic carbocycles. The normalized spacial score (nSPS) is 16.5. The van der Waals surface area contributed by atoms with E-state index in [9.17, 15) is 22.0 Å². The molecule has 2 aromatic carbocycles. The second-order valence-corrected chi connectivity index (χ2v) is 7.74. The molecule has 1 aliphatic heterocycles.